The largest absolute Gasteiger partial charge is 0.504 e. The van der Waals surface area contributed by atoms with E-state index in [1.165, 1.54) is 25.7 Å². The number of unbranched alkanes of at least 4 members (excludes halogenated alkanes) is 1. The average Bonchev–Trinajstić information content (AvgIpc) is 2.44. The fraction of sp³-hybridized carbons (Fsp3) is 0.625. The molecule has 0 saturated heterocycles. The van der Waals surface area contributed by atoms with Gasteiger partial charge in [0.05, 0.1) is 7.11 Å². The third-order valence-electron chi connectivity index (χ3n) is 3.59. The summed E-state index contributed by atoms with van der Waals surface area (Å²) in [6.07, 6.45) is 5.04. The second-order valence-electron chi connectivity index (χ2n) is 5.02. The van der Waals surface area contributed by atoms with Gasteiger partial charge in [-0.15, -0.1) is 0 Å². The lowest BCUT2D eigenvalue weighted by Crippen LogP contribution is -2.22. The zero-order valence-electron chi connectivity index (χ0n) is 12.4. The molecular formula is C16H27NO2. The molecule has 1 aromatic rings. The van der Waals surface area contributed by atoms with Gasteiger partial charge >= 0.3 is 0 Å². The number of ether oxygens (including phenoxy) is 1. The molecule has 1 unspecified atom stereocenters. The van der Waals surface area contributed by atoms with Gasteiger partial charge in [0.25, 0.3) is 0 Å². The van der Waals surface area contributed by atoms with E-state index in [0.29, 0.717) is 12.3 Å². The van der Waals surface area contributed by atoms with E-state index in [1.54, 1.807) is 13.2 Å². The Balaban J connectivity index is 2.44. The van der Waals surface area contributed by atoms with Crippen molar-refractivity contribution in [3.05, 3.63) is 23.8 Å². The van der Waals surface area contributed by atoms with Crippen LogP contribution in [0.2, 0.25) is 0 Å². The molecule has 3 nitrogen and oxygen atoms in total. The van der Waals surface area contributed by atoms with Crippen molar-refractivity contribution in [2.75, 3.05) is 13.7 Å². The van der Waals surface area contributed by atoms with E-state index in [0.717, 1.165) is 18.0 Å². The third-order valence-corrected chi connectivity index (χ3v) is 3.59. The molecule has 0 saturated carbocycles. The van der Waals surface area contributed by atoms with Crippen LogP contribution in [0.1, 0.15) is 45.1 Å². The number of hydrogen-bond acceptors (Lipinski definition) is 3. The number of methoxy groups -OCH3 is 1. The van der Waals surface area contributed by atoms with E-state index in [2.05, 4.69) is 19.2 Å². The lowest BCUT2D eigenvalue weighted by molar-refractivity contribution is 0.367. The zero-order chi connectivity index (χ0) is 14.1. The highest BCUT2D eigenvalue weighted by Gasteiger charge is 2.08. The normalized spacial score (nSPS) is 12.4. The summed E-state index contributed by atoms with van der Waals surface area (Å²) in [7, 11) is 1.57. The predicted octanol–water partition coefficient (Wildman–Crippen LogP) is 3.71. The molecule has 0 bridgehead atoms. The van der Waals surface area contributed by atoms with Crippen LogP contribution in [-0.2, 0) is 6.54 Å². The fourth-order valence-electron chi connectivity index (χ4n) is 2.23. The first-order valence-electron chi connectivity index (χ1n) is 7.28. The molecule has 1 aromatic carbocycles. The van der Waals surface area contributed by atoms with Crippen molar-refractivity contribution in [1.82, 2.24) is 5.32 Å². The van der Waals surface area contributed by atoms with Crippen LogP contribution in [0.15, 0.2) is 18.2 Å². The van der Waals surface area contributed by atoms with Crippen LogP contribution < -0.4 is 10.1 Å². The number of phenols is 1. The lowest BCUT2D eigenvalue weighted by Gasteiger charge is -2.16. The highest BCUT2D eigenvalue weighted by molar-refractivity contribution is 5.45. The Labute approximate surface area is 117 Å². The van der Waals surface area contributed by atoms with E-state index in [4.69, 9.17) is 4.74 Å². The maximum atomic E-state index is 9.99. The van der Waals surface area contributed by atoms with Gasteiger partial charge in [0.15, 0.2) is 11.5 Å². The van der Waals surface area contributed by atoms with Crippen LogP contribution in [0, 0.1) is 5.92 Å². The van der Waals surface area contributed by atoms with Crippen LogP contribution in [0.4, 0.5) is 0 Å². The molecule has 0 aliphatic rings. The molecule has 0 aliphatic heterocycles. The van der Waals surface area contributed by atoms with Crippen molar-refractivity contribution in [3.8, 4) is 11.5 Å². The van der Waals surface area contributed by atoms with Gasteiger partial charge < -0.3 is 15.2 Å². The minimum Gasteiger partial charge on any atom is -0.504 e. The molecule has 0 fully saturated rings. The van der Waals surface area contributed by atoms with Crippen LogP contribution >= 0.6 is 0 Å². The van der Waals surface area contributed by atoms with Crippen LogP contribution in [0.3, 0.4) is 0 Å². The summed E-state index contributed by atoms with van der Waals surface area (Å²) in [5.74, 6) is 1.52. The Morgan fingerprint density at radius 3 is 2.74 bits per heavy atom. The van der Waals surface area contributed by atoms with E-state index in [-0.39, 0.29) is 5.75 Å². The monoisotopic (exact) mass is 265 g/mol. The molecule has 0 aliphatic carbocycles. The summed E-state index contributed by atoms with van der Waals surface area (Å²) in [4.78, 5) is 0. The number of nitrogens with one attached hydrogen (secondary N) is 1. The number of aromatic hydroxyl groups is 1. The summed E-state index contributed by atoms with van der Waals surface area (Å²) in [6.45, 7) is 6.16. The maximum Gasteiger partial charge on any atom is 0.162 e. The molecular weight excluding hydrogens is 238 g/mol. The Morgan fingerprint density at radius 1 is 1.32 bits per heavy atom. The average molecular weight is 265 g/mol. The topological polar surface area (TPSA) is 41.5 Å². The molecule has 0 radical (unpaired) electrons. The highest BCUT2D eigenvalue weighted by Crippen LogP contribution is 2.29. The van der Waals surface area contributed by atoms with E-state index in [1.807, 2.05) is 12.1 Å². The zero-order valence-corrected chi connectivity index (χ0v) is 12.4. The minimum atomic E-state index is 0.249. The van der Waals surface area contributed by atoms with Crippen molar-refractivity contribution >= 4 is 0 Å². The Kier molecular flexibility index (Phi) is 7.34. The van der Waals surface area contributed by atoms with Gasteiger partial charge in [-0.1, -0.05) is 45.2 Å². The SMILES string of the molecule is CCCCC(CC)CNCc1cccc(OC)c1O. The molecule has 3 heteroatoms. The van der Waals surface area contributed by atoms with Gasteiger partial charge in [0.2, 0.25) is 0 Å². The molecule has 1 rings (SSSR count). The Bertz CT molecular complexity index is 366. The van der Waals surface area contributed by atoms with Gasteiger partial charge in [-0.2, -0.15) is 0 Å². The first-order chi connectivity index (χ1) is 9.22. The molecule has 0 amide bonds. The van der Waals surface area contributed by atoms with Gasteiger partial charge in [-0.05, 0) is 24.9 Å². The van der Waals surface area contributed by atoms with Crippen molar-refractivity contribution < 1.29 is 9.84 Å². The van der Waals surface area contributed by atoms with E-state index >= 15 is 0 Å². The first-order valence-corrected chi connectivity index (χ1v) is 7.28. The number of benzene rings is 1. The summed E-state index contributed by atoms with van der Waals surface area (Å²) >= 11 is 0. The van der Waals surface area contributed by atoms with E-state index < -0.39 is 0 Å². The molecule has 0 spiro atoms. The van der Waals surface area contributed by atoms with Crippen molar-refractivity contribution in [2.24, 2.45) is 5.92 Å². The van der Waals surface area contributed by atoms with Gasteiger partial charge in [0, 0.05) is 12.1 Å². The molecule has 0 heterocycles. The molecule has 0 aromatic heterocycles. The van der Waals surface area contributed by atoms with Crippen molar-refractivity contribution in [1.29, 1.82) is 0 Å². The molecule has 19 heavy (non-hydrogen) atoms. The lowest BCUT2D eigenvalue weighted by atomic mass is 9.99. The second kappa shape index (κ2) is 8.81. The van der Waals surface area contributed by atoms with Gasteiger partial charge in [-0.3, -0.25) is 0 Å². The third kappa shape index (κ3) is 5.11. The molecule has 2 N–H and O–H groups in total. The van der Waals surface area contributed by atoms with Crippen LogP contribution in [0.5, 0.6) is 11.5 Å². The Morgan fingerprint density at radius 2 is 2.11 bits per heavy atom. The highest BCUT2D eigenvalue weighted by atomic mass is 16.5. The molecule has 108 valence electrons. The summed E-state index contributed by atoms with van der Waals surface area (Å²) in [5, 5.41) is 13.4. The minimum absolute atomic E-state index is 0.249. The smallest absolute Gasteiger partial charge is 0.162 e. The number of rotatable bonds is 9. The van der Waals surface area contributed by atoms with Crippen LogP contribution in [0.25, 0.3) is 0 Å². The van der Waals surface area contributed by atoms with Crippen molar-refractivity contribution in [3.63, 3.8) is 0 Å². The van der Waals surface area contributed by atoms with Crippen LogP contribution in [-0.4, -0.2) is 18.8 Å². The molecule has 1 atom stereocenters. The van der Waals surface area contributed by atoms with E-state index in [9.17, 15) is 5.11 Å². The fourth-order valence-corrected chi connectivity index (χ4v) is 2.23. The van der Waals surface area contributed by atoms with Gasteiger partial charge in [-0.25, -0.2) is 0 Å². The Hall–Kier alpha value is -1.22. The standard InChI is InChI=1S/C16H27NO2/c1-4-6-8-13(5-2)11-17-12-14-9-7-10-15(19-3)16(14)18/h7,9-10,13,17-18H,4-6,8,11-12H2,1-3H3. The van der Waals surface area contributed by atoms with Crippen molar-refractivity contribution in [2.45, 2.75) is 46.1 Å². The summed E-state index contributed by atoms with van der Waals surface area (Å²) in [5.41, 5.74) is 0.893. The number of para-hydroxylation sites is 1. The second-order valence-corrected chi connectivity index (χ2v) is 5.02. The van der Waals surface area contributed by atoms with Gasteiger partial charge in [0.1, 0.15) is 0 Å². The predicted molar refractivity (Wildman–Crippen MR) is 79.7 cm³/mol. The first kappa shape index (κ1) is 15.8. The summed E-state index contributed by atoms with van der Waals surface area (Å²) < 4.78 is 5.11. The quantitative estimate of drug-likeness (QED) is 0.715. The number of phenolic OH excluding ortho intramolecular Hbond substituents is 1. The maximum absolute atomic E-state index is 9.99. The summed E-state index contributed by atoms with van der Waals surface area (Å²) in [6, 6.07) is 5.61. The number of hydrogen-bond donors (Lipinski definition) is 2.